The van der Waals surface area contributed by atoms with E-state index in [0.717, 1.165) is 0 Å². The van der Waals surface area contributed by atoms with Crippen LogP contribution in [-0.4, -0.2) is 19.1 Å². The van der Waals surface area contributed by atoms with Gasteiger partial charge in [0.1, 0.15) is 0 Å². The number of esters is 1. The molecule has 1 rings (SSSR count). The minimum Gasteiger partial charge on any atom is -0.462 e. The summed E-state index contributed by atoms with van der Waals surface area (Å²) in [4.78, 5) is 11.6. The molecule has 4 heteroatoms. The van der Waals surface area contributed by atoms with E-state index in [1.54, 1.807) is 31.2 Å². The molecule has 0 aliphatic rings. The Balaban J connectivity index is 2.97. The van der Waals surface area contributed by atoms with Crippen molar-refractivity contribution in [3.05, 3.63) is 36.4 Å². The Morgan fingerprint density at radius 1 is 1.62 bits per heavy atom. The first-order valence-corrected chi connectivity index (χ1v) is 5.10. The highest BCUT2D eigenvalue weighted by atomic mass is 16.5. The van der Waals surface area contributed by atoms with Gasteiger partial charge in [0.05, 0.1) is 12.2 Å². The van der Waals surface area contributed by atoms with Crippen molar-refractivity contribution < 1.29 is 9.53 Å². The quantitative estimate of drug-likeness (QED) is 0.453. The van der Waals surface area contributed by atoms with Crippen LogP contribution >= 0.6 is 0 Å². The van der Waals surface area contributed by atoms with Crippen LogP contribution in [-0.2, 0) is 4.74 Å². The van der Waals surface area contributed by atoms with Crippen molar-refractivity contribution in [1.29, 1.82) is 0 Å². The maximum atomic E-state index is 11.6. The molecule has 16 heavy (non-hydrogen) atoms. The number of hydrogen-bond acceptors (Lipinski definition) is 4. The van der Waals surface area contributed by atoms with Crippen LogP contribution in [0.1, 0.15) is 17.3 Å². The Morgan fingerprint density at radius 2 is 2.38 bits per heavy atom. The molecule has 0 amide bonds. The van der Waals surface area contributed by atoms with Gasteiger partial charge in [-0.05, 0) is 25.1 Å². The highest BCUT2D eigenvalue weighted by Crippen LogP contribution is 2.19. The summed E-state index contributed by atoms with van der Waals surface area (Å²) in [6.45, 7) is 6.29. The number of nitrogen functional groups attached to an aromatic ring is 1. The van der Waals surface area contributed by atoms with Gasteiger partial charge in [-0.1, -0.05) is 6.08 Å². The fourth-order valence-corrected chi connectivity index (χ4v) is 1.28. The molecule has 0 saturated carbocycles. The van der Waals surface area contributed by atoms with E-state index in [-0.39, 0.29) is 5.97 Å². The minimum absolute atomic E-state index is 0.342. The van der Waals surface area contributed by atoms with E-state index in [2.05, 4.69) is 11.9 Å². The normalized spacial score (nSPS) is 9.56. The lowest BCUT2D eigenvalue weighted by Crippen LogP contribution is -2.10. The molecule has 0 aliphatic carbocycles. The molecule has 0 saturated heterocycles. The van der Waals surface area contributed by atoms with Gasteiger partial charge < -0.3 is 15.8 Å². The topological polar surface area (TPSA) is 64.3 Å². The smallest absolute Gasteiger partial charge is 0.340 e. The molecule has 1 aromatic carbocycles. The molecule has 0 atom stereocenters. The second-order valence-corrected chi connectivity index (χ2v) is 3.20. The summed E-state index contributed by atoms with van der Waals surface area (Å²) >= 11 is 0. The van der Waals surface area contributed by atoms with Crippen LogP contribution < -0.4 is 11.1 Å². The average molecular weight is 220 g/mol. The SMILES string of the molecule is C=CCNc1ccc(N)cc1C(=O)OCC. The lowest BCUT2D eigenvalue weighted by molar-refractivity contribution is 0.0527. The van der Waals surface area contributed by atoms with Gasteiger partial charge in [0.25, 0.3) is 0 Å². The largest absolute Gasteiger partial charge is 0.462 e. The van der Waals surface area contributed by atoms with Crippen LogP contribution in [0, 0.1) is 0 Å². The van der Waals surface area contributed by atoms with Gasteiger partial charge in [0.2, 0.25) is 0 Å². The Hall–Kier alpha value is -1.97. The number of benzene rings is 1. The number of hydrogen-bond donors (Lipinski definition) is 2. The summed E-state index contributed by atoms with van der Waals surface area (Å²) in [5, 5.41) is 3.06. The van der Waals surface area contributed by atoms with Crippen molar-refractivity contribution in [2.24, 2.45) is 0 Å². The van der Waals surface area contributed by atoms with Crippen molar-refractivity contribution in [1.82, 2.24) is 0 Å². The second-order valence-electron chi connectivity index (χ2n) is 3.20. The van der Waals surface area contributed by atoms with Crippen LogP contribution in [0.5, 0.6) is 0 Å². The number of nitrogens with one attached hydrogen (secondary N) is 1. The minimum atomic E-state index is -0.374. The highest BCUT2D eigenvalue weighted by Gasteiger charge is 2.12. The van der Waals surface area contributed by atoms with Gasteiger partial charge in [0.15, 0.2) is 0 Å². The zero-order valence-corrected chi connectivity index (χ0v) is 9.32. The Morgan fingerprint density at radius 3 is 3.00 bits per heavy atom. The van der Waals surface area contributed by atoms with Crippen LogP contribution in [0.15, 0.2) is 30.9 Å². The molecule has 0 radical (unpaired) electrons. The summed E-state index contributed by atoms with van der Waals surface area (Å²) < 4.78 is 4.94. The monoisotopic (exact) mass is 220 g/mol. The van der Waals surface area contributed by atoms with E-state index in [1.807, 2.05) is 0 Å². The Kier molecular flexibility index (Phi) is 4.39. The molecule has 0 fully saturated rings. The maximum Gasteiger partial charge on any atom is 0.340 e. The van der Waals surface area contributed by atoms with Gasteiger partial charge in [-0.2, -0.15) is 0 Å². The molecule has 3 N–H and O–H groups in total. The van der Waals surface area contributed by atoms with Crippen molar-refractivity contribution in [3.8, 4) is 0 Å². The zero-order chi connectivity index (χ0) is 12.0. The first kappa shape index (κ1) is 12.1. The number of carbonyl (C=O) groups excluding carboxylic acids is 1. The zero-order valence-electron chi connectivity index (χ0n) is 9.32. The van der Waals surface area contributed by atoms with E-state index < -0.39 is 0 Å². The van der Waals surface area contributed by atoms with E-state index in [9.17, 15) is 4.79 Å². The average Bonchev–Trinajstić information content (AvgIpc) is 2.27. The molecule has 0 bridgehead atoms. The second kappa shape index (κ2) is 5.80. The summed E-state index contributed by atoms with van der Waals surface area (Å²) in [5.41, 5.74) is 7.32. The first-order chi connectivity index (χ1) is 7.69. The number of nitrogens with two attached hydrogens (primary N) is 1. The molecular formula is C12H16N2O2. The Bertz CT molecular complexity index is 389. The molecule has 4 nitrogen and oxygen atoms in total. The summed E-state index contributed by atoms with van der Waals surface area (Å²) in [5.74, 6) is -0.374. The fourth-order valence-electron chi connectivity index (χ4n) is 1.28. The molecule has 0 unspecified atom stereocenters. The summed E-state index contributed by atoms with van der Waals surface area (Å²) in [7, 11) is 0. The number of rotatable bonds is 5. The molecule has 1 aromatic rings. The van der Waals surface area contributed by atoms with Gasteiger partial charge >= 0.3 is 5.97 Å². The van der Waals surface area contributed by atoms with Gasteiger partial charge in [0, 0.05) is 17.9 Å². The third-order valence-electron chi connectivity index (χ3n) is 1.98. The van der Waals surface area contributed by atoms with E-state index in [4.69, 9.17) is 10.5 Å². The number of anilines is 2. The lowest BCUT2D eigenvalue weighted by atomic mass is 10.1. The third-order valence-corrected chi connectivity index (χ3v) is 1.98. The highest BCUT2D eigenvalue weighted by molar-refractivity contribution is 5.96. The van der Waals surface area contributed by atoms with Crippen molar-refractivity contribution in [3.63, 3.8) is 0 Å². The van der Waals surface area contributed by atoms with Crippen molar-refractivity contribution in [2.45, 2.75) is 6.92 Å². The van der Waals surface area contributed by atoms with Crippen molar-refractivity contribution >= 4 is 17.3 Å². The number of ether oxygens (including phenoxy) is 1. The fraction of sp³-hybridized carbons (Fsp3) is 0.250. The van der Waals surface area contributed by atoms with Crippen LogP contribution in [0.25, 0.3) is 0 Å². The molecule has 0 aliphatic heterocycles. The third kappa shape index (κ3) is 3.02. The Labute approximate surface area is 95.1 Å². The van der Waals surface area contributed by atoms with Gasteiger partial charge in [-0.25, -0.2) is 4.79 Å². The van der Waals surface area contributed by atoms with E-state index >= 15 is 0 Å². The lowest BCUT2D eigenvalue weighted by Gasteiger charge is -2.10. The summed E-state index contributed by atoms with van der Waals surface area (Å²) in [6, 6.07) is 5.09. The summed E-state index contributed by atoms with van der Waals surface area (Å²) in [6.07, 6.45) is 1.71. The number of carbonyl (C=O) groups is 1. The predicted molar refractivity (Wildman–Crippen MR) is 65.5 cm³/mol. The molecule has 0 spiro atoms. The van der Waals surface area contributed by atoms with Crippen molar-refractivity contribution in [2.75, 3.05) is 24.2 Å². The maximum absolute atomic E-state index is 11.6. The van der Waals surface area contributed by atoms with Crippen LogP contribution in [0.2, 0.25) is 0 Å². The van der Waals surface area contributed by atoms with Gasteiger partial charge in [-0.15, -0.1) is 6.58 Å². The predicted octanol–water partition coefficient (Wildman–Crippen LogP) is 2.04. The van der Waals surface area contributed by atoms with Crippen LogP contribution in [0.3, 0.4) is 0 Å². The van der Waals surface area contributed by atoms with E-state index in [1.165, 1.54) is 0 Å². The molecular weight excluding hydrogens is 204 g/mol. The van der Waals surface area contributed by atoms with E-state index in [0.29, 0.717) is 30.1 Å². The van der Waals surface area contributed by atoms with Gasteiger partial charge in [-0.3, -0.25) is 0 Å². The standard InChI is InChI=1S/C12H16N2O2/c1-3-7-14-11-6-5-9(13)8-10(11)12(15)16-4-2/h3,5-6,8,14H,1,4,7,13H2,2H3. The first-order valence-electron chi connectivity index (χ1n) is 5.10. The van der Waals surface area contributed by atoms with Crippen LogP contribution in [0.4, 0.5) is 11.4 Å². The molecule has 86 valence electrons. The molecule has 0 heterocycles. The molecule has 0 aromatic heterocycles.